The van der Waals surface area contributed by atoms with Crippen LogP contribution in [0.15, 0.2) is 0 Å². The Hall–Kier alpha value is -0.570. The van der Waals surface area contributed by atoms with Crippen molar-refractivity contribution in [2.75, 3.05) is 13.2 Å². The molecule has 3 heteroatoms. The summed E-state index contributed by atoms with van der Waals surface area (Å²) < 4.78 is 0. The van der Waals surface area contributed by atoms with Gasteiger partial charge in [-0.1, -0.05) is 6.92 Å². The molecule has 0 aliphatic carbocycles. The highest BCUT2D eigenvalue weighted by Crippen LogP contribution is 1.68. The summed E-state index contributed by atoms with van der Waals surface area (Å²) in [6.07, 6.45) is 0.908. The normalized spacial score (nSPS) is 8.75. The minimum Gasteiger partial charge on any atom is -0.387 e. The Balaban J connectivity index is 2.99. The Morgan fingerprint density at radius 1 is 1.75 bits per heavy atom. The monoisotopic (exact) mass is 117 g/mol. The number of amides is 1. The van der Waals surface area contributed by atoms with Crippen molar-refractivity contribution in [3.63, 3.8) is 0 Å². The van der Waals surface area contributed by atoms with Crippen LogP contribution in [-0.4, -0.2) is 24.2 Å². The zero-order valence-corrected chi connectivity index (χ0v) is 4.98. The van der Waals surface area contributed by atoms with Crippen LogP contribution in [0.5, 0.6) is 0 Å². The third-order valence-corrected chi connectivity index (χ3v) is 0.716. The zero-order chi connectivity index (χ0) is 6.41. The Bertz CT molecular complexity index is 72.8. The number of aliphatic hydroxyl groups excluding tert-OH is 1. The molecular formula is C5H11NO2. The van der Waals surface area contributed by atoms with Crippen molar-refractivity contribution in [3.05, 3.63) is 0 Å². The Labute approximate surface area is 48.7 Å². The molecule has 0 bridgehead atoms. The van der Waals surface area contributed by atoms with Gasteiger partial charge in [-0.3, -0.25) is 4.79 Å². The van der Waals surface area contributed by atoms with Gasteiger partial charge in [0.1, 0.15) is 6.61 Å². The number of carbonyl (C=O) groups excluding carboxylic acids is 1. The minimum atomic E-state index is -0.403. The van der Waals surface area contributed by atoms with E-state index < -0.39 is 6.61 Å². The third-order valence-electron chi connectivity index (χ3n) is 0.716. The van der Waals surface area contributed by atoms with E-state index in [-0.39, 0.29) is 5.91 Å². The van der Waals surface area contributed by atoms with Gasteiger partial charge in [-0.25, -0.2) is 0 Å². The van der Waals surface area contributed by atoms with E-state index in [1.54, 1.807) is 0 Å². The van der Waals surface area contributed by atoms with Gasteiger partial charge in [0, 0.05) is 6.54 Å². The van der Waals surface area contributed by atoms with Crippen LogP contribution < -0.4 is 5.32 Å². The van der Waals surface area contributed by atoms with Gasteiger partial charge < -0.3 is 10.4 Å². The fourth-order valence-corrected chi connectivity index (χ4v) is 0.320. The van der Waals surface area contributed by atoms with Crippen LogP contribution in [-0.2, 0) is 4.79 Å². The number of aliphatic hydroxyl groups is 1. The molecule has 8 heavy (non-hydrogen) atoms. The molecule has 0 heterocycles. The highest BCUT2D eigenvalue weighted by molar-refractivity contribution is 5.76. The van der Waals surface area contributed by atoms with Gasteiger partial charge in [-0.15, -0.1) is 0 Å². The lowest BCUT2D eigenvalue weighted by molar-refractivity contribution is -0.123. The van der Waals surface area contributed by atoms with Crippen LogP contribution in [0.2, 0.25) is 0 Å². The van der Waals surface area contributed by atoms with E-state index in [0.29, 0.717) is 6.54 Å². The largest absolute Gasteiger partial charge is 0.387 e. The quantitative estimate of drug-likeness (QED) is 0.523. The van der Waals surface area contributed by atoms with Crippen LogP contribution in [0, 0.1) is 0 Å². The molecule has 0 radical (unpaired) electrons. The molecule has 0 aromatic rings. The topological polar surface area (TPSA) is 49.3 Å². The summed E-state index contributed by atoms with van der Waals surface area (Å²) in [5, 5.41) is 10.6. The smallest absolute Gasteiger partial charge is 0.245 e. The van der Waals surface area contributed by atoms with Crippen molar-refractivity contribution < 1.29 is 9.90 Å². The van der Waals surface area contributed by atoms with Crippen molar-refractivity contribution in [3.8, 4) is 0 Å². The average molecular weight is 117 g/mol. The van der Waals surface area contributed by atoms with Crippen LogP contribution in [0.1, 0.15) is 13.3 Å². The molecule has 0 saturated carbocycles. The number of hydrogen-bond acceptors (Lipinski definition) is 2. The second kappa shape index (κ2) is 4.59. The average Bonchev–Trinajstić information content (AvgIpc) is 1.83. The van der Waals surface area contributed by atoms with E-state index >= 15 is 0 Å². The molecule has 48 valence electrons. The van der Waals surface area contributed by atoms with Gasteiger partial charge in [-0.05, 0) is 6.42 Å². The predicted octanol–water partition coefficient (Wildman–Crippen LogP) is -0.495. The molecule has 0 aromatic carbocycles. The molecule has 0 atom stereocenters. The molecule has 0 rings (SSSR count). The highest BCUT2D eigenvalue weighted by Gasteiger charge is 1.91. The summed E-state index contributed by atoms with van der Waals surface area (Å²) >= 11 is 0. The SMILES string of the molecule is CCCNC(=O)CO. The number of rotatable bonds is 3. The van der Waals surface area contributed by atoms with Crippen molar-refractivity contribution in [2.45, 2.75) is 13.3 Å². The van der Waals surface area contributed by atoms with Crippen molar-refractivity contribution >= 4 is 5.91 Å². The molecule has 0 fully saturated rings. The van der Waals surface area contributed by atoms with Gasteiger partial charge in [0.25, 0.3) is 0 Å². The standard InChI is InChI=1S/C5H11NO2/c1-2-3-6-5(8)4-7/h7H,2-4H2,1H3,(H,6,8). The first-order valence-corrected chi connectivity index (χ1v) is 2.68. The Morgan fingerprint density at radius 2 is 2.38 bits per heavy atom. The maximum atomic E-state index is 10.2. The summed E-state index contributed by atoms with van der Waals surface area (Å²) in [6.45, 7) is 2.21. The Morgan fingerprint density at radius 3 is 2.75 bits per heavy atom. The summed E-state index contributed by atoms with van der Waals surface area (Å²) in [5.41, 5.74) is 0. The summed E-state index contributed by atoms with van der Waals surface area (Å²) in [4.78, 5) is 10.2. The molecule has 1 amide bonds. The summed E-state index contributed by atoms with van der Waals surface area (Å²) in [6, 6.07) is 0. The van der Waals surface area contributed by atoms with Crippen molar-refractivity contribution in [1.29, 1.82) is 0 Å². The lowest BCUT2D eigenvalue weighted by atomic mass is 10.5. The van der Waals surface area contributed by atoms with Gasteiger partial charge in [-0.2, -0.15) is 0 Å². The van der Waals surface area contributed by atoms with Crippen LogP contribution >= 0.6 is 0 Å². The predicted molar refractivity (Wildman–Crippen MR) is 30.4 cm³/mol. The molecule has 0 unspecified atom stereocenters. The maximum Gasteiger partial charge on any atom is 0.245 e. The van der Waals surface area contributed by atoms with E-state index in [4.69, 9.17) is 5.11 Å². The number of nitrogens with one attached hydrogen (secondary N) is 1. The first-order chi connectivity index (χ1) is 3.81. The Kier molecular flexibility index (Phi) is 4.26. The van der Waals surface area contributed by atoms with Gasteiger partial charge in [0.2, 0.25) is 5.91 Å². The van der Waals surface area contributed by atoms with Gasteiger partial charge >= 0.3 is 0 Å². The second-order valence-corrected chi connectivity index (χ2v) is 1.51. The fourth-order valence-electron chi connectivity index (χ4n) is 0.320. The van der Waals surface area contributed by atoms with Crippen LogP contribution in [0.4, 0.5) is 0 Å². The maximum absolute atomic E-state index is 10.2. The highest BCUT2D eigenvalue weighted by atomic mass is 16.3. The van der Waals surface area contributed by atoms with E-state index in [9.17, 15) is 4.79 Å². The van der Waals surface area contributed by atoms with E-state index in [1.165, 1.54) is 0 Å². The van der Waals surface area contributed by atoms with Gasteiger partial charge in [0.05, 0.1) is 0 Å². The molecular weight excluding hydrogens is 106 g/mol. The zero-order valence-electron chi connectivity index (χ0n) is 4.98. The fraction of sp³-hybridized carbons (Fsp3) is 0.800. The van der Waals surface area contributed by atoms with E-state index in [2.05, 4.69) is 5.32 Å². The molecule has 0 saturated heterocycles. The molecule has 2 N–H and O–H groups in total. The van der Waals surface area contributed by atoms with Crippen LogP contribution in [0.25, 0.3) is 0 Å². The summed E-state index contributed by atoms with van der Waals surface area (Å²) in [5.74, 6) is -0.299. The van der Waals surface area contributed by atoms with Crippen molar-refractivity contribution in [2.24, 2.45) is 0 Å². The lowest BCUT2D eigenvalue weighted by Gasteiger charge is -1.96. The number of hydrogen-bond donors (Lipinski definition) is 2. The van der Waals surface area contributed by atoms with E-state index in [0.717, 1.165) is 6.42 Å². The molecule has 3 nitrogen and oxygen atoms in total. The first kappa shape index (κ1) is 7.43. The van der Waals surface area contributed by atoms with Crippen LogP contribution in [0.3, 0.4) is 0 Å². The summed E-state index contributed by atoms with van der Waals surface area (Å²) in [7, 11) is 0. The molecule has 0 aliphatic rings. The molecule has 0 aliphatic heterocycles. The van der Waals surface area contributed by atoms with Gasteiger partial charge in [0.15, 0.2) is 0 Å². The third kappa shape index (κ3) is 3.61. The first-order valence-electron chi connectivity index (χ1n) is 2.68. The van der Waals surface area contributed by atoms with E-state index in [1.807, 2.05) is 6.92 Å². The molecule has 0 aromatic heterocycles. The second-order valence-electron chi connectivity index (χ2n) is 1.51. The molecule has 0 spiro atoms. The van der Waals surface area contributed by atoms with Crippen molar-refractivity contribution in [1.82, 2.24) is 5.32 Å². The minimum absolute atomic E-state index is 0.299. The lowest BCUT2D eigenvalue weighted by Crippen LogP contribution is -2.26. The number of carbonyl (C=O) groups is 1.